The molecule has 0 spiro atoms. The molecule has 0 saturated carbocycles. The minimum atomic E-state index is 0.666. The number of carbonyl (C=O) groups excluding carboxylic acids is 1. The van der Waals surface area contributed by atoms with Crippen LogP contribution in [0, 0.1) is 0 Å². The van der Waals surface area contributed by atoms with Crippen LogP contribution in [-0.4, -0.2) is 28.8 Å². The number of rotatable bonds is 6. The smallest absolute Gasteiger partial charge is 0.196 e. The predicted molar refractivity (Wildman–Crippen MR) is 71.3 cm³/mol. The fourth-order valence-corrected chi connectivity index (χ4v) is 2.61. The zero-order valence-corrected chi connectivity index (χ0v) is 11.0. The summed E-state index contributed by atoms with van der Waals surface area (Å²) in [5.41, 5.74) is 0.666. The van der Waals surface area contributed by atoms with Crippen molar-refractivity contribution < 1.29 is 4.79 Å². The number of fused-ring (bicyclic) bond motifs is 1. The highest BCUT2D eigenvalue weighted by Crippen LogP contribution is 2.23. The molecule has 5 heteroatoms. The molecule has 4 nitrogen and oxygen atoms in total. The van der Waals surface area contributed by atoms with E-state index in [0.29, 0.717) is 5.69 Å². The molecule has 0 aliphatic rings. The Kier molecular flexibility index (Phi) is 3.78. The van der Waals surface area contributed by atoms with E-state index < -0.39 is 0 Å². The highest BCUT2D eigenvalue weighted by Gasteiger charge is 2.16. The Bertz CT molecular complexity index is 503. The number of hydrogen-bond acceptors (Lipinski definition) is 4. The van der Waals surface area contributed by atoms with Crippen molar-refractivity contribution in [3.05, 3.63) is 17.3 Å². The number of hydrogen-bond donors (Lipinski definition) is 0. The normalized spacial score (nSPS) is 10.9. The lowest BCUT2D eigenvalue weighted by Crippen LogP contribution is -2.25. The largest absolute Gasteiger partial charge is 0.355 e. The van der Waals surface area contributed by atoms with Crippen LogP contribution in [0.4, 0.5) is 5.82 Å². The van der Waals surface area contributed by atoms with Gasteiger partial charge in [0.1, 0.15) is 5.69 Å². The predicted octanol–water partition coefficient (Wildman–Crippen LogP) is 2.83. The van der Waals surface area contributed by atoms with Gasteiger partial charge >= 0.3 is 0 Å². The fraction of sp³-hybridized carbons (Fsp3) is 0.500. The summed E-state index contributed by atoms with van der Waals surface area (Å²) in [7, 11) is 0. The van der Waals surface area contributed by atoms with E-state index in [1.165, 1.54) is 0 Å². The Morgan fingerprint density at radius 2 is 2.35 bits per heavy atom. The number of anilines is 1. The van der Waals surface area contributed by atoms with Gasteiger partial charge in [-0.25, -0.2) is 4.98 Å². The second kappa shape index (κ2) is 5.31. The van der Waals surface area contributed by atoms with E-state index in [9.17, 15) is 4.79 Å². The molecule has 0 amide bonds. The monoisotopic (exact) mass is 251 g/mol. The topological polar surface area (TPSA) is 37.6 Å². The standard InChI is InChI=1S/C12H17N3OS/c1-3-5-6-14(4-2)11-10(9-16)15-7-8-17-12(15)13-11/h7-9H,3-6H2,1-2H3. The summed E-state index contributed by atoms with van der Waals surface area (Å²) in [6.45, 7) is 6.10. The molecule has 2 heterocycles. The Morgan fingerprint density at radius 1 is 1.53 bits per heavy atom. The summed E-state index contributed by atoms with van der Waals surface area (Å²) in [6.07, 6.45) is 5.07. The molecule has 2 aromatic heterocycles. The molecule has 0 bridgehead atoms. The van der Waals surface area contributed by atoms with E-state index in [1.54, 1.807) is 11.3 Å². The van der Waals surface area contributed by atoms with Gasteiger partial charge < -0.3 is 4.90 Å². The summed E-state index contributed by atoms with van der Waals surface area (Å²) in [4.78, 5) is 18.8. The Labute approximate surface area is 105 Å². The van der Waals surface area contributed by atoms with E-state index in [1.807, 2.05) is 16.0 Å². The van der Waals surface area contributed by atoms with Crippen LogP contribution in [-0.2, 0) is 0 Å². The summed E-state index contributed by atoms with van der Waals surface area (Å²) >= 11 is 1.56. The SMILES string of the molecule is CCCCN(CC)c1nc2sccn2c1C=O. The highest BCUT2D eigenvalue weighted by atomic mass is 32.1. The van der Waals surface area contributed by atoms with Gasteiger partial charge in [-0.15, -0.1) is 11.3 Å². The van der Waals surface area contributed by atoms with Gasteiger partial charge in [-0.2, -0.15) is 0 Å². The molecule has 2 rings (SSSR count). The zero-order chi connectivity index (χ0) is 12.3. The van der Waals surface area contributed by atoms with E-state index in [4.69, 9.17) is 0 Å². The van der Waals surface area contributed by atoms with E-state index in [-0.39, 0.29) is 0 Å². The molecular weight excluding hydrogens is 234 g/mol. The first kappa shape index (κ1) is 12.1. The van der Waals surface area contributed by atoms with Crippen molar-refractivity contribution in [1.82, 2.24) is 9.38 Å². The van der Waals surface area contributed by atoms with Crippen LogP contribution < -0.4 is 4.90 Å². The van der Waals surface area contributed by atoms with Gasteiger partial charge in [-0.05, 0) is 13.3 Å². The molecule has 2 aromatic rings. The third kappa shape index (κ3) is 2.20. The Balaban J connectivity index is 2.37. The maximum absolute atomic E-state index is 11.2. The van der Waals surface area contributed by atoms with Crippen LogP contribution in [0.2, 0.25) is 0 Å². The van der Waals surface area contributed by atoms with Gasteiger partial charge in [-0.1, -0.05) is 13.3 Å². The van der Waals surface area contributed by atoms with Gasteiger partial charge in [0.25, 0.3) is 0 Å². The molecular formula is C12H17N3OS. The minimum absolute atomic E-state index is 0.666. The van der Waals surface area contributed by atoms with E-state index in [0.717, 1.165) is 43.0 Å². The lowest BCUT2D eigenvalue weighted by Gasteiger charge is -2.20. The number of carbonyl (C=O) groups is 1. The summed E-state index contributed by atoms with van der Waals surface area (Å²) in [5.74, 6) is 0.822. The van der Waals surface area contributed by atoms with Crippen molar-refractivity contribution in [3.8, 4) is 0 Å². The second-order valence-electron chi connectivity index (χ2n) is 3.93. The van der Waals surface area contributed by atoms with E-state index in [2.05, 4.69) is 23.7 Å². The molecule has 0 radical (unpaired) electrons. The van der Waals surface area contributed by atoms with Crippen LogP contribution in [0.5, 0.6) is 0 Å². The molecule has 0 aliphatic heterocycles. The Hall–Kier alpha value is -1.36. The van der Waals surface area contributed by atoms with Crippen LogP contribution in [0.3, 0.4) is 0 Å². The van der Waals surface area contributed by atoms with Gasteiger partial charge in [-0.3, -0.25) is 9.20 Å². The van der Waals surface area contributed by atoms with Gasteiger partial charge in [0.15, 0.2) is 17.1 Å². The Morgan fingerprint density at radius 3 is 3.00 bits per heavy atom. The molecule has 0 N–H and O–H groups in total. The van der Waals surface area contributed by atoms with Gasteiger partial charge in [0.05, 0.1) is 0 Å². The molecule has 0 unspecified atom stereocenters. The third-order valence-corrected chi connectivity index (χ3v) is 3.61. The minimum Gasteiger partial charge on any atom is -0.355 e. The first-order valence-electron chi connectivity index (χ1n) is 5.97. The number of aldehydes is 1. The fourth-order valence-electron chi connectivity index (χ4n) is 1.90. The summed E-state index contributed by atoms with van der Waals surface area (Å²) in [6, 6.07) is 0. The van der Waals surface area contributed by atoms with Crippen LogP contribution in [0.25, 0.3) is 4.96 Å². The van der Waals surface area contributed by atoms with E-state index >= 15 is 0 Å². The molecule has 0 atom stereocenters. The van der Waals surface area contributed by atoms with Gasteiger partial charge in [0, 0.05) is 24.7 Å². The van der Waals surface area contributed by atoms with Crippen molar-refractivity contribution in [1.29, 1.82) is 0 Å². The van der Waals surface area contributed by atoms with Crippen molar-refractivity contribution in [2.24, 2.45) is 0 Å². The molecule has 92 valence electrons. The summed E-state index contributed by atoms with van der Waals surface area (Å²) < 4.78 is 1.86. The maximum atomic E-state index is 11.2. The average molecular weight is 251 g/mol. The van der Waals surface area contributed by atoms with Crippen molar-refractivity contribution in [3.63, 3.8) is 0 Å². The van der Waals surface area contributed by atoms with Crippen LogP contribution >= 0.6 is 11.3 Å². The maximum Gasteiger partial charge on any atom is 0.196 e. The number of nitrogens with zero attached hydrogens (tertiary/aromatic N) is 3. The molecule has 0 aliphatic carbocycles. The molecule has 0 saturated heterocycles. The lowest BCUT2D eigenvalue weighted by atomic mass is 10.3. The van der Waals surface area contributed by atoms with Crippen LogP contribution in [0.15, 0.2) is 11.6 Å². The average Bonchev–Trinajstić information content (AvgIpc) is 2.90. The second-order valence-corrected chi connectivity index (χ2v) is 4.80. The van der Waals surface area contributed by atoms with Gasteiger partial charge in [0.2, 0.25) is 0 Å². The highest BCUT2D eigenvalue weighted by molar-refractivity contribution is 7.15. The molecule has 0 fully saturated rings. The lowest BCUT2D eigenvalue weighted by molar-refractivity contribution is 0.111. The summed E-state index contributed by atoms with van der Waals surface area (Å²) in [5, 5.41) is 1.95. The van der Waals surface area contributed by atoms with Crippen molar-refractivity contribution in [2.75, 3.05) is 18.0 Å². The molecule has 0 aromatic carbocycles. The molecule has 17 heavy (non-hydrogen) atoms. The van der Waals surface area contributed by atoms with Crippen molar-refractivity contribution in [2.45, 2.75) is 26.7 Å². The number of unbranched alkanes of at least 4 members (excludes halogenated alkanes) is 1. The quantitative estimate of drug-likeness (QED) is 0.741. The third-order valence-electron chi connectivity index (χ3n) is 2.85. The van der Waals surface area contributed by atoms with Crippen molar-refractivity contribution >= 4 is 28.4 Å². The first-order chi connectivity index (χ1) is 8.31. The first-order valence-corrected chi connectivity index (χ1v) is 6.85. The van der Waals surface area contributed by atoms with Crippen LogP contribution in [0.1, 0.15) is 37.2 Å². The number of aromatic nitrogens is 2. The number of imidazole rings is 1. The zero-order valence-electron chi connectivity index (χ0n) is 10.2. The number of thiazole rings is 1.